The third-order valence-corrected chi connectivity index (χ3v) is 3.83. The van der Waals surface area contributed by atoms with Crippen molar-refractivity contribution in [3.63, 3.8) is 0 Å². The molecule has 19 heavy (non-hydrogen) atoms. The van der Waals surface area contributed by atoms with Crippen molar-refractivity contribution in [3.05, 3.63) is 29.8 Å². The molecule has 7 heteroatoms. The third-order valence-electron chi connectivity index (χ3n) is 2.39. The average molecular weight is 294 g/mol. The molecule has 1 unspecified atom stereocenters. The van der Waals surface area contributed by atoms with E-state index < -0.39 is 28.5 Å². The summed E-state index contributed by atoms with van der Waals surface area (Å²) < 4.78 is 49.2. The zero-order chi connectivity index (χ0) is 14.5. The van der Waals surface area contributed by atoms with Crippen LogP contribution >= 0.6 is 0 Å². The maximum absolute atomic E-state index is 12.5. The Kier molecular flexibility index (Phi) is 5.53. The Morgan fingerprint density at radius 3 is 2.53 bits per heavy atom. The molecule has 0 saturated carbocycles. The number of benzene rings is 1. The molecule has 3 nitrogen and oxygen atoms in total. The summed E-state index contributed by atoms with van der Waals surface area (Å²) in [5.74, 6) is -0.779. The highest BCUT2D eigenvalue weighted by atomic mass is 32.2. The van der Waals surface area contributed by atoms with Gasteiger partial charge in [-0.05, 0) is 31.0 Å². The summed E-state index contributed by atoms with van der Waals surface area (Å²) in [5, 5.41) is 8.42. The predicted octanol–water partition coefficient (Wildman–Crippen LogP) is 3.07. The summed E-state index contributed by atoms with van der Waals surface area (Å²) in [5.41, 5.74) is -0.830. The standard InChI is InChI=1S/C12H13F3O3S/c13-12(14,15)9-4-3-5-10(8-9)19(18)7-2-1-6-11(16)17/h3-5,8H,1-2,6-7H2,(H,16,17). The average Bonchev–Trinajstić information content (AvgIpc) is 2.33. The van der Waals surface area contributed by atoms with E-state index in [9.17, 15) is 22.2 Å². The van der Waals surface area contributed by atoms with Crippen LogP contribution in [0.3, 0.4) is 0 Å². The first kappa shape index (κ1) is 15.7. The van der Waals surface area contributed by atoms with Gasteiger partial charge >= 0.3 is 12.1 Å². The molecule has 0 spiro atoms. The summed E-state index contributed by atoms with van der Waals surface area (Å²) in [6, 6.07) is 4.38. The molecule has 1 aromatic rings. The molecule has 0 bridgehead atoms. The quantitative estimate of drug-likeness (QED) is 0.820. The molecule has 0 radical (unpaired) electrons. The van der Waals surface area contributed by atoms with E-state index in [4.69, 9.17) is 5.11 Å². The SMILES string of the molecule is O=C(O)CCCCS(=O)c1cccc(C(F)(F)F)c1. The molecular formula is C12H13F3O3S. The summed E-state index contributed by atoms with van der Waals surface area (Å²) in [7, 11) is -1.54. The Balaban J connectivity index is 2.60. The highest BCUT2D eigenvalue weighted by Gasteiger charge is 2.30. The molecule has 0 fully saturated rings. The first-order valence-electron chi connectivity index (χ1n) is 5.58. The molecule has 0 aliphatic heterocycles. The Labute approximate surface area is 110 Å². The molecule has 0 aliphatic carbocycles. The number of carboxylic acids is 1. The fraction of sp³-hybridized carbons (Fsp3) is 0.417. The van der Waals surface area contributed by atoms with Crippen LogP contribution in [0.1, 0.15) is 24.8 Å². The van der Waals surface area contributed by atoms with Crippen molar-refractivity contribution in [2.75, 3.05) is 5.75 Å². The minimum Gasteiger partial charge on any atom is -0.481 e. The summed E-state index contributed by atoms with van der Waals surface area (Å²) >= 11 is 0. The minimum atomic E-state index is -4.45. The molecule has 1 N–H and O–H groups in total. The molecule has 1 rings (SSSR count). The van der Waals surface area contributed by atoms with E-state index in [1.54, 1.807) is 0 Å². The van der Waals surface area contributed by atoms with Crippen molar-refractivity contribution in [1.82, 2.24) is 0 Å². The van der Waals surface area contributed by atoms with Gasteiger partial charge in [-0.3, -0.25) is 9.00 Å². The molecule has 0 heterocycles. The second-order valence-corrected chi connectivity index (χ2v) is 5.50. The number of alkyl halides is 3. The van der Waals surface area contributed by atoms with Crippen LogP contribution in [0.5, 0.6) is 0 Å². The van der Waals surface area contributed by atoms with E-state index in [2.05, 4.69) is 0 Å². The Bertz CT molecular complexity index is 472. The lowest BCUT2D eigenvalue weighted by Gasteiger charge is -2.08. The van der Waals surface area contributed by atoms with Crippen LogP contribution in [0.2, 0.25) is 0 Å². The van der Waals surface area contributed by atoms with Gasteiger partial charge in [-0.2, -0.15) is 13.2 Å². The summed E-state index contributed by atoms with van der Waals surface area (Å²) in [6.07, 6.45) is -3.72. The molecule has 0 aliphatic rings. The van der Waals surface area contributed by atoms with Crippen molar-refractivity contribution >= 4 is 16.8 Å². The number of hydrogen-bond donors (Lipinski definition) is 1. The highest BCUT2D eigenvalue weighted by molar-refractivity contribution is 7.85. The molecular weight excluding hydrogens is 281 g/mol. The monoisotopic (exact) mass is 294 g/mol. The lowest BCUT2D eigenvalue weighted by atomic mass is 10.2. The van der Waals surface area contributed by atoms with Crippen LogP contribution in [0.15, 0.2) is 29.2 Å². The fourth-order valence-corrected chi connectivity index (χ4v) is 2.63. The van der Waals surface area contributed by atoms with Gasteiger partial charge in [0.25, 0.3) is 0 Å². The van der Waals surface area contributed by atoms with Gasteiger partial charge in [0.1, 0.15) is 0 Å². The van der Waals surface area contributed by atoms with Crippen molar-refractivity contribution in [1.29, 1.82) is 0 Å². The van der Waals surface area contributed by atoms with Gasteiger partial charge in [0.05, 0.1) is 16.4 Å². The Morgan fingerprint density at radius 2 is 1.95 bits per heavy atom. The first-order chi connectivity index (χ1) is 8.80. The maximum Gasteiger partial charge on any atom is 0.416 e. The number of hydrogen-bond acceptors (Lipinski definition) is 2. The van der Waals surface area contributed by atoms with Crippen LogP contribution in [0, 0.1) is 0 Å². The lowest BCUT2D eigenvalue weighted by molar-refractivity contribution is -0.138. The topological polar surface area (TPSA) is 54.4 Å². The van der Waals surface area contributed by atoms with E-state index in [0.717, 1.165) is 12.1 Å². The Hall–Kier alpha value is -1.37. The number of carboxylic acid groups (broad SMARTS) is 1. The number of halogens is 3. The third kappa shape index (κ3) is 5.42. The van der Waals surface area contributed by atoms with Gasteiger partial charge in [0.2, 0.25) is 0 Å². The zero-order valence-electron chi connectivity index (χ0n) is 9.94. The first-order valence-corrected chi connectivity index (χ1v) is 6.90. The number of carbonyl (C=O) groups is 1. The molecule has 0 saturated heterocycles. The molecule has 0 aromatic heterocycles. The summed E-state index contributed by atoms with van der Waals surface area (Å²) in [6.45, 7) is 0. The fourth-order valence-electron chi connectivity index (χ4n) is 1.44. The number of unbranched alkanes of at least 4 members (excludes halogenated alkanes) is 1. The van der Waals surface area contributed by atoms with Crippen LogP contribution in [-0.4, -0.2) is 21.0 Å². The second-order valence-electron chi connectivity index (χ2n) is 3.93. The predicted molar refractivity (Wildman–Crippen MR) is 64.2 cm³/mol. The smallest absolute Gasteiger partial charge is 0.416 e. The van der Waals surface area contributed by atoms with Gasteiger partial charge in [-0.15, -0.1) is 0 Å². The Morgan fingerprint density at radius 1 is 1.26 bits per heavy atom. The molecule has 1 atom stereocenters. The summed E-state index contributed by atoms with van der Waals surface area (Å²) in [4.78, 5) is 10.4. The van der Waals surface area contributed by atoms with Gasteiger partial charge < -0.3 is 5.11 Å². The highest BCUT2D eigenvalue weighted by Crippen LogP contribution is 2.30. The number of rotatable bonds is 6. The van der Waals surface area contributed by atoms with E-state index in [1.165, 1.54) is 12.1 Å². The number of aliphatic carboxylic acids is 1. The molecule has 0 amide bonds. The van der Waals surface area contributed by atoms with Crippen molar-refractivity contribution in [3.8, 4) is 0 Å². The maximum atomic E-state index is 12.5. The van der Waals surface area contributed by atoms with Crippen molar-refractivity contribution in [2.24, 2.45) is 0 Å². The molecule has 106 valence electrons. The van der Waals surface area contributed by atoms with Crippen molar-refractivity contribution < 1.29 is 27.3 Å². The van der Waals surface area contributed by atoms with E-state index in [0.29, 0.717) is 12.8 Å². The van der Waals surface area contributed by atoms with Crippen LogP contribution in [0.4, 0.5) is 13.2 Å². The van der Waals surface area contributed by atoms with Crippen molar-refractivity contribution in [2.45, 2.75) is 30.3 Å². The minimum absolute atomic E-state index is 0.0280. The van der Waals surface area contributed by atoms with Gasteiger partial charge in [-0.25, -0.2) is 0 Å². The van der Waals surface area contributed by atoms with Crippen LogP contribution in [-0.2, 0) is 21.8 Å². The van der Waals surface area contributed by atoms with E-state index >= 15 is 0 Å². The zero-order valence-corrected chi connectivity index (χ0v) is 10.8. The second kappa shape index (κ2) is 6.70. The van der Waals surface area contributed by atoms with Gasteiger partial charge in [0, 0.05) is 17.1 Å². The van der Waals surface area contributed by atoms with E-state index in [1.807, 2.05) is 0 Å². The normalized spacial score (nSPS) is 13.2. The van der Waals surface area contributed by atoms with Gasteiger partial charge in [0.15, 0.2) is 0 Å². The lowest BCUT2D eigenvalue weighted by Crippen LogP contribution is -2.07. The largest absolute Gasteiger partial charge is 0.481 e. The van der Waals surface area contributed by atoms with Crippen LogP contribution < -0.4 is 0 Å². The van der Waals surface area contributed by atoms with Gasteiger partial charge in [-0.1, -0.05) is 6.07 Å². The molecule has 1 aromatic carbocycles. The van der Waals surface area contributed by atoms with Crippen LogP contribution in [0.25, 0.3) is 0 Å². The van der Waals surface area contributed by atoms with E-state index in [-0.39, 0.29) is 17.1 Å².